The molecule has 0 spiro atoms. The van der Waals surface area contributed by atoms with E-state index >= 15 is 0 Å². The van der Waals surface area contributed by atoms with E-state index in [-0.39, 0.29) is 12.3 Å². The highest BCUT2D eigenvalue weighted by atomic mass is 16.4. The number of fused-ring (bicyclic) bond motifs is 1. The third-order valence-corrected chi connectivity index (χ3v) is 4.92. The maximum absolute atomic E-state index is 12.7. The lowest BCUT2D eigenvalue weighted by atomic mass is 9.66. The summed E-state index contributed by atoms with van der Waals surface area (Å²) < 4.78 is 0. The number of aryl methyl sites for hydroxylation is 1. The normalized spacial score (nSPS) is 20.1. The van der Waals surface area contributed by atoms with Crippen molar-refractivity contribution in [2.45, 2.75) is 44.9 Å². The van der Waals surface area contributed by atoms with Crippen molar-refractivity contribution < 1.29 is 14.7 Å². The van der Waals surface area contributed by atoms with Crippen LogP contribution in [0.5, 0.6) is 0 Å². The number of nitrogens with zero attached hydrogens (tertiary/aromatic N) is 1. The van der Waals surface area contributed by atoms with Gasteiger partial charge in [-0.25, -0.2) is 0 Å². The molecule has 112 valence electrons. The largest absolute Gasteiger partial charge is 0.481 e. The first-order valence-corrected chi connectivity index (χ1v) is 7.74. The number of amides is 1. The van der Waals surface area contributed by atoms with Crippen LogP contribution in [0.1, 0.15) is 44.1 Å². The molecule has 1 amide bonds. The van der Waals surface area contributed by atoms with Gasteiger partial charge in [0, 0.05) is 18.7 Å². The number of carboxylic acid groups (broad SMARTS) is 1. The van der Waals surface area contributed by atoms with E-state index in [1.54, 1.807) is 0 Å². The van der Waals surface area contributed by atoms with Gasteiger partial charge >= 0.3 is 5.97 Å². The molecular weight excluding hydrogens is 266 g/mol. The topological polar surface area (TPSA) is 57.6 Å². The van der Waals surface area contributed by atoms with Gasteiger partial charge in [-0.15, -0.1) is 0 Å². The zero-order valence-corrected chi connectivity index (χ0v) is 12.2. The zero-order chi connectivity index (χ0) is 14.9. The van der Waals surface area contributed by atoms with Crippen LogP contribution in [0.25, 0.3) is 0 Å². The van der Waals surface area contributed by atoms with Gasteiger partial charge in [0.15, 0.2) is 0 Å². The highest BCUT2D eigenvalue weighted by molar-refractivity contribution is 5.97. The van der Waals surface area contributed by atoms with Crippen LogP contribution in [-0.4, -0.2) is 23.5 Å². The fraction of sp³-hybridized carbons (Fsp3) is 0.529. The average Bonchev–Trinajstić information content (AvgIpc) is 2.64. The molecule has 1 fully saturated rings. The van der Waals surface area contributed by atoms with E-state index in [2.05, 4.69) is 6.07 Å². The first-order valence-electron chi connectivity index (χ1n) is 7.74. The summed E-state index contributed by atoms with van der Waals surface area (Å²) in [5.41, 5.74) is 1.36. The number of benzene rings is 1. The molecule has 21 heavy (non-hydrogen) atoms. The average molecular weight is 287 g/mol. The van der Waals surface area contributed by atoms with E-state index in [1.165, 1.54) is 5.56 Å². The fourth-order valence-corrected chi connectivity index (χ4v) is 3.41. The van der Waals surface area contributed by atoms with Gasteiger partial charge in [0.1, 0.15) is 0 Å². The van der Waals surface area contributed by atoms with Gasteiger partial charge in [-0.1, -0.05) is 24.6 Å². The molecule has 3 rings (SSSR count). The standard InChI is InChI=1S/C17H21NO3/c19-15(12-17(16(20)21)9-5-10-17)18-11-4-3-7-13-6-1-2-8-14(13)18/h1-2,6,8H,3-5,7,9-12H2,(H,20,21). The predicted molar refractivity (Wildman–Crippen MR) is 80.3 cm³/mol. The van der Waals surface area contributed by atoms with Crippen LogP contribution < -0.4 is 4.90 Å². The van der Waals surface area contributed by atoms with Crippen LogP contribution in [0, 0.1) is 5.41 Å². The minimum atomic E-state index is -0.815. The van der Waals surface area contributed by atoms with Gasteiger partial charge in [-0.05, 0) is 43.7 Å². The monoisotopic (exact) mass is 287 g/mol. The van der Waals surface area contributed by atoms with Crippen molar-refractivity contribution in [3.63, 3.8) is 0 Å². The number of anilines is 1. The third kappa shape index (κ3) is 2.55. The van der Waals surface area contributed by atoms with Gasteiger partial charge in [0.25, 0.3) is 0 Å². The number of rotatable bonds is 3. The van der Waals surface area contributed by atoms with Crippen molar-refractivity contribution in [3.05, 3.63) is 29.8 Å². The van der Waals surface area contributed by atoms with Crippen LogP contribution in [0.3, 0.4) is 0 Å². The first kappa shape index (κ1) is 14.1. The first-order chi connectivity index (χ1) is 10.1. The SMILES string of the molecule is O=C(CC1(C(=O)O)CCC1)N1CCCCc2ccccc21. The third-order valence-electron chi connectivity index (χ3n) is 4.92. The molecule has 1 saturated carbocycles. The number of carboxylic acids is 1. The molecule has 4 nitrogen and oxygen atoms in total. The molecule has 1 N–H and O–H groups in total. The van der Waals surface area contributed by atoms with E-state index < -0.39 is 11.4 Å². The molecule has 0 aromatic heterocycles. The van der Waals surface area contributed by atoms with Gasteiger partial charge in [-0.2, -0.15) is 0 Å². The van der Waals surface area contributed by atoms with Gasteiger partial charge in [0.2, 0.25) is 5.91 Å². The number of hydrogen-bond donors (Lipinski definition) is 1. The minimum absolute atomic E-state index is 0.0357. The Morgan fingerprint density at radius 1 is 1.14 bits per heavy atom. The van der Waals surface area contributed by atoms with E-state index in [0.717, 1.165) is 31.4 Å². The second kappa shape index (κ2) is 5.51. The van der Waals surface area contributed by atoms with E-state index in [0.29, 0.717) is 19.4 Å². The Balaban J connectivity index is 1.83. The lowest BCUT2D eigenvalue weighted by Crippen LogP contribution is -2.44. The molecule has 1 aromatic carbocycles. The molecule has 1 aliphatic heterocycles. The number of hydrogen-bond acceptors (Lipinski definition) is 2. The summed E-state index contributed by atoms with van der Waals surface area (Å²) in [5, 5.41) is 9.41. The van der Waals surface area contributed by atoms with Crippen molar-refractivity contribution in [1.29, 1.82) is 0 Å². The summed E-state index contributed by atoms with van der Waals surface area (Å²) in [4.78, 5) is 26.0. The summed E-state index contributed by atoms with van der Waals surface area (Å²) in [6.07, 6.45) is 5.34. The van der Waals surface area contributed by atoms with Gasteiger partial charge < -0.3 is 10.0 Å². The second-order valence-electron chi connectivity index (χ2n) is 6.25. The Labute approximate surface area is 124 Å². The van der Waals surface area contributed by atoms with Crippen LogP contribution in [0.15, 0.2) is 24.3 Å². The molecule has 0 radical (unpaired) electrons. The number of carbonyl (C=O) groups excluding carboxylic acids is 1. The van der Waals surface area contributed by atoms with Crippen LogP contribution >= 0.6 is 0 Å². The van der Waals surface area contributed by atoms with Crippen molar-refractivity contribution in [2.75, 3.05) is 11.4 Å². The smallest absolute Gasteiger partial charge is 0.310 e. The van der Waals surface area contributed by atoms with Crippen LogP contribution in [0.4, 0.5) is 5.69 Å². The lowest BCUT2D eigenvalue weighted by Gasteiger charge is -2.38. The molecule has 0 unspecified atom stereocenters. The fourth-order valence-electron chi connectivity index (χ4n) is 3.41. The summed E-state index contributed by atoms with van der Waals surface area (Å²) in [7, 11) is 0. The molecular formula is C17H21NO3. The van der Waals surface area contributed by atoms with Crippen LogP contribution in [-0.2, 0) is 16.0 Å². The molecule has 1 aliphatic carbocycles. The molecule has 4 heteroatoms. The zero-order valence-electron chi connectivity index (χ0n) is 12.2. The van der Waals surface area contributed by atoms with E-state index in [4.69, 9.17) is 0 Å². The molecule has 2 aliphatic rings. The van der Waals surface area contributed by atoms with Gasteiger partial charge in [0.05, 0.1) is 5.41 Å². The maximum Gasteiger partial charge on any atom is 0.310 e. The van der Waals surface area contributed by atoms with Crippen molar-refractivity contribution in [3.8, 4) is 0 Å². The lowest BCUT2D eigenvalue weighted by molar-refractivity contribution is -0.157. The van der Waals surface area contributed by atoms with Gasteiger partial charge in [-0.3, -0.25) is 9.59 Å². The summed E-state index contributed by atoms with van der Waals surface area (Å²) in [6, 6.07) is 7.99. The Bertz CT molecular complexity index is 563. The van der Waals surface area contributed by atoms with Crippen LogP contribution in [0.2, 0.25) is 0 Å². The Morgan fingerprint density at radius 3 is 2.57 bits per heavy atom. The quantitative estimate of drug-likeness (QED) is 0.929. The molecule has 1 aromatic rings. The molecule has 1 heterocycles. The minimum Gasteiger partial charge on any atom is -0.481 e. The molecule has 0 bridgehead atoms. The molecule has 0 atom stereocenters. The Kier molecular flexibility index (Phi) is 3.70. The Hall–Kier alpha value is -1.84. The number of carbonyl (C=O) groups is 2. The maximum atomic E-state index is 12.7. The number of aliphatic carboxylic acids is 1. The van der Waals surface area contributed by atoms with E-state index in [1.807, 2.05) is 23.1 Å². The van der Waals surface area contributed by atoms with Crippen molar-refractivity contribution in [2.24, 2.45) is 5.41 Å². The number of para-hydroxylation sites is 1. The van der Waals surface area contributed by atoms with Crippen molar-refractivity contribution >= 4 is 17.6 Å². The molecule has 0 saturated heterocycles. The Morgan fingerprint density at radius 2 is 1.90 bits per heavy atom. The highest BCUT2D eigenvalue weighted by Crippen LogP contribution is 2.45. The van der Waals surface area contributed by atoms with E-state index in [9.17, 15) is 14.7 Å². The second-order valence-corrected chi connectivity index (χ2v) is 6.25. The highest BCUT2D eigenvalue weighted by Gasteiger charge is 2.46. The summed E-state index contributed by atoms with van der Waals surface area (Å²) in [5.74, 6) is -0.850. The summed E-state index contributed by atoms with van der Waals surface area (Å²) >= 11 is 0. The predicted octanol–water partition coefficient (Wildman–Crippen LogP) is 3.00. The summed E-state index contributed by atoms with van der Waals surface area (Å²) in [6.45, 7) is 0.700. The van der Waals surface area contributed by atoms with Crippen molar-refractivity contribution in [1.82, 2.24) is 0 Å².